The summed E-state index contributed by atoms with van der Waals surface area (Å²) in [6.45, 7) is 3.76. The van der Waals surface area contributed by atoms with Crippen molar-refractivity contribution in [2.45, 2.75) is 64.4 Å². The fourth-order valence-electron chi connectivity index (χ4n) is 4.87. The molecule has 0 aromatic heterocycles. The molecule has 1 aromatic rings. The lowest BCUT2D eigenvalue weighted by Gasteiger charge is -2.52. The van der Waals surface area contributed by atoms with Crippen LogP contribution in [0.4, 0.5) is 18.0 Å². The number of rotatable bonds is 10. The van der Waals surface area contributed by atoms with Crippen molar-refractivity contribution >= 4 is 12.0 Å². The van der Waals surface area contributed by atoms with Crippen LogP contribution in [0.15, 0.2) is 18.2 Å². The van der Waals surface area contributed by atoms with Crippen LogP contribution in [-0.4, -0.2) is 66.9 Å². The summed E-state index contributed by atoms with van der Waals surface area (Å²) in [6.07, 6.45) is 2.25. The molecule has 1 aromatic carbocycles. The highest BCUT2D eigenvalue weighted by atomic mass is 19.3. The fraction of sp³-hybridized carbons (Fsp3) is 0.680. The molecule has 10 heteroatoms. The third-order valence-corrected chi connectivity index (χ3v) is 7.01. The molecule has 1 saturated carbocycles. The lowest BCUT2D eigenvalue weighted by molar-refractivity contribution is -0.0929. The minimum atomic E-state index is -2.73. The number of piperidine rings is 1. The molecular formula is C25H35F3N2O5. The second-order valence-electron chi connectivity index (χ2n) is 10.1. The van der Waals surface area contributed by atoms with Crippen LogP contribution in [0.1, 0.15) is 62.7 Å². The normalized spacial score (nSPS) is 17.9. The van der Waals surface area contributed by atoms with Gasteiger partial charge >= 0.3 is 6.09 Å². The van der Waals surface area contributed by atoms with Gasteiger partial charge in [-0.15, -0.1) is 0 Å². The minimum absolute atomic E-state index is 0.0590. The van der Waals surface area contributed by atoms with E-state index in [9.17, 15) is 22.8 Å². The molecule has 0 atom stereocenters. The van der Waals surface area contributed by atoms with Crippen molar-refractivity contribution < 1.29 is 37.3 Å². The molecule has 7 nitrogen and oxygen atoms in total. The third kappa shape index (κ3) is 7.02. The minimum Gasteiger partial charge on any atom is -0.493 e. The summed E-state index contributed by atoms with van der Waals surface area (Å²) < 4.78 is 50.7. The Hall–Kier alpha value is -2.49. The molecule has 1 spiro atoms. The van der Waals surface area contributed by atoms with Gasteiger partial charge in [-0.1, -0.05) is 0 Å². The summed E-state index contributed by atoms with van der Waals surface area (Å²) in [5.41, 5.74) is -1.67. The van der Waals surface area contributed by atoms with Gasteiger partial charge in [0.15, 0.2) is 5.60 Å². The van der Waals surface area contributed by atoms with E-state index in [4.69, 9.17) is 14.6 Å². The van der Waals surface area contributed by atoms with Gasteiger partial charge in [0.1, 0.15) is 11.6 Å². The number of carbonyl (C=O) groups is 2. The Morgan fingerprint density at radius 1 is 1.26 bits per heavy atom. The van der Waals surface area contributed by atoms with Gasteiger partial charge in [0.05, 0.1) is 18.8 Å². The standard InChI is InChI=1S/C25H35F3N2O5/c1-24(2,22(27)28)35-23(33)30-10-7-25(8-11-30)15-17(16-25)4-3-13-34-18-5-6-19(20(26)14-18)21(32)29-9-12-31/h5-6,14,17,22,31H,3-4,7-13,15-16H2,1-2H3,(H,29,32). The fourth-order valence-corrected chi connectivity index (χ4v) is 4.87. The number of alkyl halides is 2. The largest absolute Gasteiger partial charge is 0.493 e. The summed E-state index contributed by atoms with van der Waals surface area (Å²) in [6, 6.07) is 4.10. The third-order valence-electron chi connectivity index (χ3n) is 7.01. The average Bonchev–Trinajstić information content (AvgIpc) is 2.79. The van der Waals surface area contributed by atoms with E-state index in [1.807, 2.05) is 0 Å². The number of aliphatic hydroxyl groups is 1. The van der Waals surface area contributed by atoms with Crippen LogP contribution in [0.3, 0.4) is 0 Å². The first-order valence-electron chi connectivity index (χ1n) is 12.1. The summed E-state index contributed by atoms with van der Waals surface area (Å²) in [5, 5.41) is 11.1. The maximum Gasteiger partial charge on any atom is 0.410 e. The summed E-state index contributed by atoms with van der Waals surface area (Å²) in [4.78, 5) is 25.5. The van der Waals surface area contributed by atoms with Crippen LogP contribution in [0.2, 0.25) is 0 Å². The van der Waals surface area contributed by atoms with Gasteiger partial charge < -0.3 is 24.8 Å². The summed E-state index contributed by atoms with van der Waals surface area (Å²) in [7, 11) is 0. The van der Waals surface area contributed by atoms with E-state index in [0.717, 1.165) is 38.5 Å². The van der Waals surface area contributed by atoms with E-state index < -0.39 is 29.8 Å². The Morgan fingerprint density at radius 2 is 1.94 bits per heavy atom. The number of likely N-dealkylation sites (tertiary alicyclic amines) is 1. The second kappa shape index (κ2) is 11.5. The van der Waals surface area contributed by atoms with Crippen molar-refractivity contribution in [2.24, 2.45) is 11.3 Å². The van der Waals surface area contributed by atoms with Crippen molar-refractivity contribution in [3.63, 3.8) is 0 Å². The lowest BCUT2D eigenvalue weighted by Crippen LogP contribution is -2.50. The predicted molar refractivity (Wildman–Crippen MR) is 123 cm³/mol. The van der Waals surface area contributed by atoms with Crippen molar-refractivity contribution in [3.8, 4) is 5.75 Å². The molecular weight excluding hydrogens is 465 g/mol. The van der Waals surface area contributed by atoms with Crippen LogP contribution in [0, 0.1) is 17.2 Å². The molecule has 2 amide bonds. The monoisotopic (exact) mass is 500 g/mol. The Labute approximate surface area is 204 Å². The molecule has 0 bridgehead atoms. The maximum atomic E-state index is 14.2. The number of ether oxygens (including phenoxy) is 2. The van der Waals surface area contributed by atoms with E-state index >= 15 is 0 Å². The average molecular weight is 501 g/mol. The molecule has 1 saturated heterocycles. The topological polar surface area (TPSA) is 88.1 Å². The highest BCUT2D eigenvalue weighted by Gasteiger charge is 2.46. The number of benzene rings is 1. The van der Waals surface area contributed by atoms with E-state index in [0.29, 0.717) is 31.4 Å². The van der Waals surface area contributed by atoms with Crippen LogP contribution in [-0.2, 0) is 4.74 Å². The Balaban J connectivity index is 1.33. The van der Waals surface area contributed by atoms with Gasteiger partial charge in [-0.2, -0.15) is 0 Å². The van der Waals surface area contributed by atoms with Crippen LogP contribution in [0.25, 0.3) is 0 Å². The SMILES string of the molecule is CC(C)(OC(=O)N1CCC2(CC1)CC(CCCOc1ccc(C(=O)NCCO)c(F)c1)C2)C(F)F. The van der Waals surface area contributed by atoms with Gasteiger partial charge in [0, 0.05) is 25.7 Å². The Bertz CT molecular complexity index is 880. The highest BCUT2D eigenvalue weighted by molar-refractivity contribution is 5.94. The van der Waals surface area contributed by atoms with E-state index in [1.54, 1.807) is 6.07 Å². The number of amides is 2. The molecule has 1 aliphatic heterocycles. The van der Waals surface area contributed by atoms with E-state index in [1.165, 1.54) is 30.9 Å². The van der Waals surface area contributed by atoms with Crippen molar-refractivity contribution in [1.29, 1.82) is 0 Å². The molecule has 1 heterocycles. The number of carbonyl (C=O) groups excluding carboxylic acids is 2. The number of nitrogens with one attached hydrogen (secondary N) is 1. The highest BCUT2D eigenvalue weighted by Crippen LogP contribution is 2.54. The summed E-state index contributed by atoms with van der Waals surface area (Å²) in [5.74, 6) is -0.321. The van der Waals surface area contributed by atoms with Crippen molar-refractivity contribution in [2.75, 3.05) is 32.8 Å². The lowest BCUT2D eigenvalue weighted by atomic mass is 9.56. The number of aliphatic hydroxyl groups excluding tert-OH is 1. The van der Waals surface area contributed by atoms with Crippen LogP contribution < -0.4 is 10.1 Å². The molecule has 35 heavy (non-hydrogen) atoms. The Morgan fingerprint density at radius 3 is 2.54 bits per heavy atom. The molecule has 2 N–H and O–H groups in total. The van der Waals surface area contributed by atoms with Gasteiger partial charge in [0.2, 0.25) is 0 Å². The molecule has 196 valence electrons. The molecule has 3 rings (SSSR count). The Kier molecular flexibility index (Phi) is 8.90. The van der Waals surface area contributed by atoms with Gasteiger partial charge in [-0.25, -0.2) is 18.0 Å². The van der Waals surface area contributed by atoms with E-state index in [-0.39, 0.29) is 24.1 Å². The quantitative estimate of drug-likeness (QED) is 0.466. The van der Waals surface area contributed by atoms with Gasteiger partial charge in [-0.3, -0.25) is 4.79 Å². The van der Waals surface area contributed by atoms with Gasteiger partial charge in [-0.05, 0) is 75.8 Å². The molecule has 2 fully saturated rings. The molecule has 0 radical (unpaired) electrons. The predicted octanol–water partition coefficient (Wildman–Crippen LogP) is 4.38. The van der Waals surface area contributed by atoms with Crippen LogP contribution >= 0.6 is 0 Å². The van der Waals surface area contributed by atoms with Crippen LogP contribution in [0.5, 0.6) is 5.75 Å². The van der Waals surface area contributed by atoms with Gasteiger partial charge in [0.25, 0.3) is 12.3 Å². The first-order chi connectivity index (χ1) is 16.5. The number of hydrogen-bond acceptors (Lipinski definition) is 5. The number of nitrogens with zero attached hydrogens (tertiary/aromatic N) is 1. The van der Waals surface area contributed by atoms with E-state index in [2.05, 4.69) is 5.32 Å². The first-order valence-corrected chi connectivity index (χ1v) is 12.1. The maximum absolute atomic E-state index is 14.2. The smallest absolute Gasteiger partial charge is 0.410 e. The molecule has 0 unspecified atom stereocenters. The van der Waals surface area contributed by atoms with Crippen molar-refractivity contribution in [3.05, 3.63) is 29.6 Å². The zero-order valence-corrected chi connectivity index (χ0v) is 20.3. The zero-order chi connectivity index (χ0) is 25.6. The summed E-state index contributed by atoms with van der Waals surface area (Å²) >= 11 is 0. The van der Waals surface area contributed by atoms with Crippen molar-refractivity contribution in [1.82, 2.24) is 10.2 Å². The number of halogens is 3. The zero-order valence-electron chi connectivity index (χ0n) is 20.3. The molecule has 2 aliphatic rings. The second-order valence-corrected chi connectivity index (χ2v) is 10.1. The number of hydrogen-bond donors (Lipinski definition) is 2. The molecule has 1 aliphatic carbocycles. The first kappa shape index (κ1) is 27.1.